The molecule has 1 fully saturated rings. The molecule has 2 aromatic rings. The molecule has 0 saturated carbocycles. The van der Waals surface area contributed by atoms with Gasteiger partial charge in [0.25, 0.3) is 0 Å². The van der Waals surface area contributed by atoms with Gasteiger partial charge in [-0.2, -0.15) is 4.31 Å². The summed E-state index contributed by atoms with van der Waals surface area (Å²) in [4.78, 5) is 12.8. The first kappa shape index (κ1) is 19.7. The van der Waals surface area contributed by atoms with Crippen molar-refractivity contribution in [3.05, 3.63) is 53.6 Å². The van der Waals surface area contributed by atoms with Gasteiger partial charge in [-0.05, 0) is 68.3 Å². The van der Waals surface area contributed by atoms with Gasteiger partial charge in [-0.25, -0.2) is 8.42 Å². The molecule has 0 bridgehead atoms. The zero-order valence-electron chi connectivity index (χ0n) is 14.9. The first-order valence-electron chi connectivity index (χ1n) is 8.73. The van der Waals surface area contributed by atoms with E-state index in [1.54, 1.807) is 36.4 Å². The second-order valence-electron chi connectivity index (χ2n) is 6.17. The van der Waals surface area contributed by atoms with Crippen molar-refractivity contribution >= 4 is 33.2 Å². The van der Waals surface area contributed by atoms with Gasteiger partial charge in [0.2, 0.25) is 15.9 Å². The van der Waals surface area contributed by atoms with Crippen molar-refractivity contribution in [2.45, 2.75) is 30.7 Å². The highest BCUT2D eigenvalue weighted by atomic mass is 35.5. The molecule has 0 aromatic heterocycles. The van der Waals surface area contributed by atoms with Crippen molar-refractivity contribution in [3.8, 4) is 5.75 Å². The minimum atomic E-state index is -3.77. The third-order valence-electron chi connectivity index (χ3n) is 4.36. The predicted octanol–water partition coefficient (Wildman–Crippen LogP) is 3.53. The molecule has 3 rings (SSSR count). The quantitative estimate of drug-likeness (QED) is 0.793. The zero-order chi connectivity index (χ0) is 19.4. The Labute approximate surface area is 164 Å². The van der Waals surface area contributed by atoms with E-state index < -0.39 is 16.1 Å². The van der Waals surface area contributed by atoms with Gasteiger partial charge in [0, 0.05) is 17.3 Å². The highest BCUT2D eigenvalue weighted by molar-refractivity contribution is 7.89. The number of carbonyl (C=O) groups is 1. The second-order valence-corrected chi connectivity index (χ2v) is 8.50. The van der Waals surface area contributed by atoms with E-state index in [1.807, 2.05) is 6.92 Å². The second kappa shape index (κ2) is 8.29. The number of carbonyl (C=O) groups excluding carboxylic acids is 1. The van der Waals surface area contributed by atoms with Gasteiger partial charge in [0.1, 0.15) is 11.8 Å². The Balaban J connectivity index is 1.77. The Kier molecular flexibility index (Phi) is 6.04. The van der Waals surface area contributed by atoms with Crippen LogP contribution in [0.25, 0.3) is 0 Å². The van der Waals surface area contributed by atoms with E-state index in [1.165, 1.54) is 16.4 Å². The first-order chi connectivity index (χ1) is 12.9. The first-order valence-corrected chi connectivity index (χ1v) is 10.5. The molecule has 0 aliphatic carbocycles. The van der Waals surface area contributed by atoms with Crippen molar-refractivity contribution in [1.29, 1.82) is 0 Å². The fraction of sp³-hybridized carbons (Fsp3) is 0.316. The normalized spacial score (nSPS) is 17.6. The van der Waals surface area contributed by atoms with Crippen LogP contribution in [0.4, 0.5) is 5.69 Å². The average molecular weight is 409 g/mol. The van der Waals surface area contributed by atoms with Crippen LogP contribution in [0.2, 0.25) is 5.02 Å². The van der Waals surface area contributed by atoms with Crippen LogP contribution >= 0.6 is 11.6 Å². The Bertz CT molecular complexity index is 898. The zero-order valence-corrected chi connectivity index (χ0v) is 16.5. The molecule has 1 aliphatic rings. The summed E-state index contributed by atoms with van der Waals surface area (Å²) in [6.45, 7) is 2.68. The summed E-state index contributed by atoms with van der Waals surface area (Å²) < 4.78 is 32.6. The van der Waals surface area contributed by atoms with E-state index in [0.717, 1.165) is 0 Å². The lowest BCUT2D eigenvalue weighted by Gasteiger charge is -2.23. The number of rotatable bonds is 6. The molecule has 1 amide bonds. The largest absolute Gasteiger partial charge is 0.494 e. The van der Waals surface area contributed by atoms with Crippen LogP contribution in [0.5, 0.6) is 5.75 Å². The van der Waals surface area contributed by atoms with E-state index in [2.05, 4.69) is 5.32 Å². The standard InChI is InChI=1S/C19H21ClN2O4S/c1-2-26-16-9-11-17(12-10-16)27(24,25)22-13-3-4-18(22)19(23)21-15-7-5-14(20)6-8-15/h5-12,18H,2-4,13H2,1H3,(H,21,23)/t18-/m1/s1. The minimum Gasteiger partial charge on any atom is -0.494 e. The van der Waals surface area contributed by atoms with E-state index in [0.29, 0.717) is 42.5 Å². The molecule has 0 radical (unpaired) electrons. The highest BCUT2D eigenvalue weighted by Gasteiger charge is 2.39. The van der Waals surface area contributed by atoms with Crippen molar-refractivity contribution in [1.82, 2.24) is 4.31 Å². The number of hydrogen-bond acceptors (Lipinski definition) is 4. The van der Waals surface area contributed by atoms with Gasteiger partial charge in [0.05, 0.1) is 11.5 Å². The molecule has 2 aromatic carbocycles. The van der Waals surface area contributed by atoms with Gasteiger partial charge in [-0.15, -0.1) is 0 Å². The fourth-order valence-corrected chi connectivity index (χ4v) is 4.84. The van der Waals surface area contributed by atoms with E-state index in [-0.39, 0.29) is 10.8 Å². The van der Waals surface area contributed by atoms with E-state index >= 15 is 0 Å². The van der Waals surface area contributed by atoms with Crippen LogP contribution in [0.1, 0.15) is 19.8 Å². The average Bonchev–Trinajstić information content (AvgIpc) is 3.15. The van der Waals surface area contributed by atoms with Gasteiger partial charge < -0.3 is 10.1 Å². The lowest BCUT2D eigenvalue weighted by atomic mass is 10.2. The number of ether oxygens (including phenoxy) is 1. The third-order valence-corrected chi connectivity index (χ3v) is 6.53. The summed E-state index contributed by atoms with van der Waals surface area (Å²) in [7, 11) is -3.77. The molecule has 0 spiro atoms. The van der Waals surface area contributed by atoms with Crippen LogP contribution in [-0.2, 0) is 14.8 Å². The van der Waals surface area contributed by atoms with Crippen LogP contribution in [0.15, 0.2) is 53.4 Å². The van der Waals surface area contributed by atoms with Crippen molar-refractivity contribution in [2.75, 3.05) is 18.5 Å². The third kappa shape index (κ3) is 4.43. The number of anilines is 1. The SMILES string of the molecule is CCOc1ccc(S(=O)(=O)N2CCC[C@@H]2C(=O)Nc2ccc(Cl)cc2)cc1. The predicted molar refractivity (Wildman–Crippen MR) is 105 cm³/mol. The molecule has 144 valence electrons. The maximum absolute atomic E-state index is 13.0. The fourth-order valence-electron chi connectivity index (χ4n) is 3.06. The van der Waals surface area contributed by atoms with Crippen molar-refractivity contribution < 1.29 is 17.9 Å². The maximum Gasteiger partial charge on any atom is 0.243 e. The molecular formula is C19H21ClN2O4S. The Hall–Kier alpha value is -2.09. The van der Waals surface area contributed by atoms with Gasteiger partial charge in [0.15, 0.2) is 0 Å². The van der Waals surface area contributed by atoms with Crippen LogP contribution in [-0.4, -0.2) is 37.8 Å². The summed E-state index contributed by atoms with van der Waals surface area (Å²) in [5.74, 6) is 0.263. The maximum atomic E-state index is 13.0. The van der Waals surface area contributed by atoms with Gasteiger partial charge in [-0.1, -0.05) is 11.6 Å². The Morgan fingerprint density at radius 3 is 2.48 bits per heavy atom. The molecule has 1 atom stereocenters. The van der Waals surface area contributed by atoms with Gasteiger partial charge in [-0.3, -0.25) is 4.79 Å². The molecule has 27 heavy (non-hydrogen) atoms. The van der Waals surface area contributed by atoms with Crippen LogP contribution < -0.4 is 10.1 Å². The molecule has 6 nitrogen and oxygen atoms in total. The molecule has 0 unspecified atom stereocenters. The lowest BCUT2D eigenvalue weighted by molar-refractivity contribution is -0.119. The summed E-state index contributed by atoms with van der Waals surface area (Å²) in [6.07, 6.45) is 1.12. The lowest BCUT2D eigenvalue weighted by Crippen LogP contribution is -2.43. The number of hydrogen-bond donors (Lipinski definition) is 1. The summed E-state index contributed by atoms with van der Waals surface area (Å²) in [5, 5.41) is 3.33. The number of amides is 1. The molecule has 8 heteroatoms. The smallest absolute Gasteiger partial charge is 0.243 e. The van der Waals surface area contributed by atoms with Crippen molar-refractivity contribution in [2.24, 2.45) is 0 Å². The molecule has 1 heterocycles. The van der Waals surface area contributed by atoms with E-state index in [4.69, 9.17) is 16.3 Å². The minimum absolute atomic E-state index is 0.150. The topological polar surface area (TPSA) is 75.7 Å². The highest BCUT2D eigenvalue weighted by Crippen LogP contribution is 2.28. The molecular weight excluding hydrogens is 388 g/mol. The Morgan fingerprint density at radius 1 is 1.19 bits per heavy atom. The van der Waals surface area contributed by atoms with Crippen molar-refractivity contribution in [3.63, 3.8) is 0 Å². The summed E-state index contributed by atoms with van der Waals surface area (Å²) in [6, 6.07) is 12.2. The number of benzene rings is 2. The number of sulfonamides is 1. The summed E-state index contributed by atoms with van der Waals surface area (Å²) in [5.41, 5.74) is 0.578. The molecule has 1 N–H and O–H groups in total. The number of halogens is 1. The number of nitrogens with zero attached hydrogens (tertiary/aromatic N) is 1. The van der Waals surface area contributed by atoms with E-state index in [9.17, 15) is 13.2 Å². The van der Waals surface area contributed by atoms with Gasteiger partial charge >= 0.3 is 0 Å². The summed E-state index contributed by atoms with van der Waals surface area (Å²) >= 11 is 5.85. The van der Waals surface area contributed by atoms with Crippen LogP contribution in [0, 0.1) is 0 Å². The molecule has 1 aliphatic heterocycles. The molecule has 1 saturated heterocycles. The van der Waals surface area contributed by atoms with Crippen LogP contribution in [0.3, 0.4) is 0 Å². The Morgan fingerprint density at radius 2 is 1.85 bits per heavy atom. The monoisotopic (exact) mass is 408 g/mol. The number of nitrogens with one attached hydrogen (secondary N) is 1.